The molecule has 0 unspecified atom stereocenters. The molecular formula is C27H28F3N3O5S. The lowest BCUT2D eigenvalue weighted by atomic mass is 9.93. The Hall–Kier alpha value is -3.45. The fourth-order valence-corrected chi connectivity index (χ4v) is 5.18. The molecule has 3 aromatic rings. The first-order valence-corrected chi connectivity index (χ1v) is 13.5. The molecule has 208 valence electrons. The van der Waals surface area contributed by atoms with Gasteiger partial charge in [-0.1, -0.05) is 24.3 Å². The maximum Gasteiger partial charge on any atom is 0.417 e. The van der Waals surface area contributed by atoms with Gasteiger partial charge in [0.2, 0.25) is 10.0 Å². The number of ether oxygens (including phenoxy) is 2. The molecule has 0 saturated carbocycles. The fraction of sp³-hybridized carbons (Fsp3) is 0.296. The van der Waals surface area contributed by atoms with Crippen LogP contribution < -0.4 is 15.2 Å². The van der Waals surface area contributed by atoms with Gasteiger partial charge in [0.1, 0.15) is 10.6 Å². The van der Waals surface area contributed by atoms with Crippen LogP contribution >= 0.6 is 0 Å². The molecule has 0 spiro atoms. The van der Waals surface area contributed by atoms with Crippen molar-refractivity contribution in [3.8, 4) is 16.9 Å². The second kappa shape index (κ2) is 11.3. The third-order valence-electron chi connectivity index (χ3n) is 6.44. The van der Waals surface area contributed by atoms with Gasteiger partial charge in [-0.2, -0.15) is 13.2 Å². The van der Waals surface area contributed by atoms with Gasteiger partial charge in [0, 0.05) is 30.4 Å². The predicted octanol–water partition coefficient (Wildman–Crippen LogP) is 4.50. The minimum atomic E-state index is -4.57. The Balaban J connectivity index is 1.67. The molecule has 1 heterocycles. The van der Waals surface area contributed by atoms with Gasteiger partial charge >= 0.3 is 6.18 Å². The van der Waals surface area contributed by atoms with Gasteiger partial charge in [-0.05, 0) is 60.5 Å². The van der Waals surface area contributed by atoms with Crippen LogP contribution in [-0.4, -0.2) is 52.6 Å². The number of halogens is 3. The molecule has 1 atom stereocenters. The minimum Gasteiger partial charge on any atom is -0.495 e. The average molecular weight is 564 g/mol. The molecule has 8 nitrogen and oxygen atoms in total. The van der Waals surface area contributed by atoms with Crippen molar-refractivity contribution in [2.24, 2.45) is 5.14 Å². The van der Waals surface area contributed by atoms with Gasteiger partial charge in [0.15, 0.2) is 0 Å². The largest absolute Gasteiger partial charge is 0.495 e. The van der Waals surface area contributed by atoms with Crippen molar-refractivity contribution in [1.82, 2.24) is 4.90 Å². The summed E-state index contributed by atoms with van der Waals surface area (Å²) in [5.41, 5.74) is 0.358. The lowest BCUT2D eigenvalue weighted by Gasteiger charge is -2.19. The number of rotatable bonds is 8. The van der Waals surface area contributed by atoms with Crippen LogP contribution in [0.4, 0.5) is 18.9 Å². The Kier molecular flexibility index (Phi) is 8.31. The number of nitrogens with two attached hydrogens (primary N) is 1. The zero-order valence-corrected chi connectivity index (χ0v) is 22.1. The van der Waals surface area contributed by atoms with E-state index < -0.39 is 27.7 Å². The summed E-state index contributed by atoms with van der Waals surface area (Å²) in [5, 5.41) is 7.85. The summed E-state index contributed by atoms with van der Waals surface area (Å²) in [7, 11) is -0.818. The lowest BCUT2D eigenvalue weighted by molar-refractivity contribution is -0.137. The zero-order chi connectivity index (χ0) is 28.4. The Morgan fingerprint density at radius 2 is 1.85 bits per heavy atom. The summed E-state index contributed by atoms with van der Waals surface area (Å²) in [6, 6.07) is 13.6. The van der Waals surface area contributed by atoms with E-state index in [1.54, 1.807) is 0 Å². The van der Waals surface area contributed by atoms with E-state index in [0.29, 0.717) is 17.7 Å². The van der Waals surface area contributed by atoms with E-state index in [9.17, 15) is 26.4 Å². The summed E-state index contributed by atoms with van der Waals surface area (Å²) < 4.78 is 76.0. The maximum atomic E-state index is 13.8. The number of hydrogen-bond acceptors (Lipinski definition) is 6. The van der Waals surface area contributed by atoms with Crippen molar-refractivity contribution in [3.05, 3.63) is 77.4 Å². The number of likely N-dealkylation sites (tertiary alicyclic amines) is 1. The van der Waals surface area contributed by atoms with E-state index in [2.05, 4.69) is 10.2 Å². The molecule has 0 aromatic heterocycles. The number of amides is 1. The second-order valence-corrected chi connectivity index (χ2v) is 10.8. The average Bonchev–Trinajstić information content (AvgIpc) is 3.31. The van der Waals surface area contributed by atoms with Crippen LogP contribution in [0.15, 0.2) is 65.6 Å². The highest BCUT2D eigenvalue weighted by Gasteiger charge is 2.34. The lowest BCUT2D eigenvalue weighted by Crippen LogP contribution is -2.19. The van der Waals surface area contributed by atoms with Crippen molar-refractivity contribution in [2.75, 3.05) is 32.6 Å². The highest BCUT2D eigenvalue weighted by molar-refractivity contribution is 7.89. The number of nitrogens with zero attached hydrogens (tertiary/aromatic N) is 1. The number of sulfonamides is 1. The monoisotopic (exact) mass is 563 g/mol. The molecule has 1 fully saturated rings. The summed E-state index contributed by atoms with van der Waals surface area (Å²) in [6.45, 7) is 1.56. The summed E-state index contributed by atoms with van der Waals surface area (Å²) in [6.07, 6.45) is -3.86. The van der Waals surface area contributed by atoms with Gasteiger partial charge in [-0.15, -0.1) is 0 Å². The van der Waals surface area contributed by atoms with Gasteiger partial charge in [-0.25, -0.2) is 13.6 Å². The number of primary sulfonamides is 1. The van der Waals surface area contributed by atoms with Crippen LogP contribution in [0.3, 0.4) is 0 Å². The molecule has 1 aliphatic rings. The molecular weight excluding hydrogens is 535 g/mol. The van der Waals surface area contributed by atoms with Crippen LogP contribution in [0.1, 0.15) is 27.9 Å². The number of benzene rings is 3. The Morgan fingerprint density at radius 1 is 1.10 bits per heavy atom. The van der Waals surface area contributed by atoms with Crippen LogP contribution in [0.5, 0.6) is 5.75 Å². The number of nitrogens with one attached hydrogen (secondary N) is 1. The van der Waals surface area contributed by atoms with E-state index in [0.717, 1.165) is 19.0 Å². The number of anilines is 1. The smallest absolute Gasteiger partial charge is 0.417 e. The third-order valence-corrected chi connectivity index (χ3v) is 7.39. The molecule has 1 amide bonds. The molecule has 0 aliphatic carbocycles. The molecule has 0 radical (unpaired) electrons. The molecule has 3 aromatic carbocycles. The van der Waals surface area contributed by atoms with Crippen LogP contribution in [0.2, 0.25) is 0 Å². The number of alkyl halides is 3. The maximum absolute atomic E-state index is 13.8. The fourth-order valence-electron chi connectivity index (χ4n) is 4.50. The van der Waals surface area contributed by atoms with Crippen LogP contribution in [0, 0.1) is 0 Å². The van der Waals surface area contributed by atoms with E-state index in [1.807, 2.05) is 7.05 Å². The van der Waals surface area contributed by atoms with E-state index in [1.165, 1.54) is 61.7 Å². The predicted molar refractivity (Wildman–Crippen MR) is 140 cm³/mol. The van der Waals surface area contributed by atoms with Gasteiger partial charge in [-0.3, -0.25) is 4.79 Å². The van der Waals surface area contributed by atoms with Gasteiger partial charge in [0.25, 0.3) is 5.91 Å². The topological polar surface area (TPSA) is 111 Å². The third kappa shape index (κ3) is 6.77. The molecule has 0 bridgehead atoms. The molecule has 4 rings (SSSR count). The highest BCUT2D eigenvalue weighted by Crippen LogP contribution is 2.39. The molecule has 39 heavy (non-hydrogen) atoms. The number of likely N-dealkylation sites (N-methyl/N-ethyl adjacent to an activating group) is 1. The first-order valence-electron chi connectivity index (χ1n) is 12.0. The quantitative estimate of drug-likeness (QED) is 0.418. The van der Waals surface area contributed by atoms with Crippen molar-refractivity contribution >= 4 is 21.6 Å². The molecule has 3 N–H and O–H groups in total. The standard InChI is InChI=1S/C27H28F3N3O5S/c1-33-12-11-20(15-33)38-16-18-13-17(7-9-21(18)22-5-3-4-6-23(22)27(28,29)30)26(34)32-19-8-10-25(39(31,35)36)24(14-19)37-2/h3-10,13-14,20H,11-12,15-16H2,1-2H3,(H,32,34)(H2,31,35,36)/t20-/m1/s1. The first kappa shape index (κ1) is 28.6. The van der Waals surface area contributed by atoms with Crippen molar-refractivity contribution in [1.29, 1.82) is 0 Å². The van der Waals surface area contributed by atoms with Crippen LogP contribution in [0.25, 0.3) is 11.1 Å². The number of hydrogen-bond donors (Lipinski definition) is 2. The van der Waals surface area contributed by atoms with E-state index >= 15 is 0 Å². The Labute approximate surface area is 224 Å². The van der Waals surface area contributed by atoms with Crippen molar-refractivity contribution < 1.29 is 35.9 Å². The van der Waals surface area contributed by atoms with Gasteiger partial charge in [0.05, 0.1) is 25.4 Å². The van der Waals surface area contributed by atoms with Crippen molar-refractivity contribution in [3.63, 3.8) is 0 Å². The Morgan fingerprint density at radius 3 is 2.49 bits per heavy atom. The molecule has 1 saturated heterocycles. The SMILES string of the molecule is COc1cc(NC(=O)c2ccc(-c3ccccc3C(F)(F)F)c(CO[C@@H]3CCN(C)C3)c2)ccc1S(N)(=O)=O. The van der Waals surface area contributed by atoms with Gasteiger partial charge < -0.3 is 19.7 Å². The Bertz CT molecular complexity index is 1480. The molecule has 1 aliphatic heterocycles. The summed E-state index contributed by atoms with van der Waals surface area (Å²) in [5.74, 6) is -0.608. The zero-order valence-electron chi connectivity index (χ0n) is 21.3. The number of carbonyl (C=O) groups excluding carboxylic acids is 1. The first-order chi connectivity index (χ1) is 18.4. The van der Waals surface area contributed by atoms with E-state index in [4.69, 9.17) is 14.6 Å². The van der Waals surface area contributed by atoms with Crippen LogP contribution in [-0.2, 0) is 27.5 Å². The van der Waals surface area contributed by atoms with E-state index in [-0.39, 0.29) is 40.2 Å². The highest BCUT2D eigenvalue weighted by atomic mass is 32.2. The molecule has 12 heteroatoms. The normalized spacial score (nSPS) is 16.3. The second-order valence-electron chi connectivity index (χ2n) is 9.26. The number of carbonyl (C=O) groups is 1. The summed E-state index contributed by atoms with van der Waals surface area (Å²) >= 11 is 0. The van der Waals surface area contributed by atoms with Crippen molar-refractivity contribution in [2.45, 2.75) is 30.2 Å². The summed E-state index contributed by atoms with van der Waals surface area (Å²) in [4.78, 5) is 15.0. The minimum absolute atomic E-state index is 0.0117. The number of methoxy groups -OCH3 is 1.